The fourth-order valence-corrected chi connectivity index (χ4v) is 1.55. The van der Waals surface area contributed by atoms with E-state index in [1.54, 1.807) is 0 Å². The fourth-order valence-electron chi connectivity index (χ4n) is 0.651. The number of rotatable bonds is 4. The van der Waals surface area contributed by atoms with Crippen LogP contribution in [0, 0.1) is 0 Å². The monoisotopic (exact) mass is 154 g/mol. The van der Waals surface area contributed by atoms with Crippen LogP contribution in [0.5, 0.6) is 0 Å². The highest BCUT2D eigenvalue weighted by atomic mass is 28.3. The lowest BCUT2D eigenvalue weighted by molar-refractivity contribution is 1.03. The van der Waals surface area contributed by atoms with Gasteiger partial charge in [-0.05, 0) is 12.8 Å². The quantitative estimate of drug-likeness (QED) is 0.430. The van der Waals surface area contributed by atoms with Crippen molar-refractivity contribution in [1.29, 1.82) is 0 Å². The maximum absolute atomic E-state index is 4.08. The lowest BCUT2D eigenvalue weighted by Crippen LogP contribution is -2.22. The summed E-state index contributed by atoms with van der Waals surface area (Å²) in [6, 6.07) is 0. The summed E-state index contributed by atoms with van der Waals surface area (Å²) in [7, 11) is -1.04. The van der Waals surface area contributed by atoms with Gasteiger partial charge in [0.05, 0.1) is 8.07 Å². The number of allylic oxidation sites excluding steroid dienone is 2. The first-order valence-corrected chi connectivity index (χ1v) is 7.27. The highest BCUT2D eigenvalue weighted by molar-refractivity contribution is 6.82. The van der Waals surface area contributed by atoms with E-state index in [1.807, 2.05) is 6.08 Å². The van der Waals surface area contributed by atoms with Gasteiger partial charge in [0.2, 0.25) is 0 Å². The maximum atomic E-state index is 4.08. The molecule has 0 N–H and O–H groups in total. The van der Waals surface area contributed by atoms with Gasteiger partial charge in [-0.15, -0.1) is 13.2 Å². The van der Waals surface area contributed by atoms with Crippen LogP contribution in [-0.2, 0) is 0 Å². The van der Waals surface area contributed by atoms with E-state index < -0.39 is 8.07 Å². The van der Waals surface area contributed by atoms with Gasteiger partial charge >= 0.3 is 0 Å². The maximum Gasteiger partial charge on any atom is 0.0716 e. The highest BCUT2D eigenvalue weighted by Crippen LogP contribution is 2.17. The molecule has 0 fully saturated rings. The molecule has 0 heterocycles. The molecule has 0 nitrogen and oxygen atoms in total. The van der Waals surface area contributed by atoms with Gasteiger partial charge in [-0.3, -0.25) is 0 Å². The predicted molar refractivity (Wildman–Crippen MR) is 51.9 cm³/mol. The van der Waals surface area contributed by atoms with E-state index in [9.17, 15) is 0 Å². The topological polar surface area (TPSA) is 0 Å². The number of hydrogen-bond acceptors (Lipinski definition) is 0. The van der Waals surface area contributed by atoms with Crippen LogP contribution in [0.25, 0.3) is 0 Å². The Bertz CT molecular complexity index is 128. The highest BCUT2D eigenvalue weighted by Gasteiger charge is 2.15. The van der Waals surface area contributed by atoms with Crippen LogP contribution in [0.15, 0.2) is 24.4 Å². The van der Waals surface area contributed by atoms with Crippen molar-refractivity contribution in [2.75, 3.05) is 0 Å². The Kier molecular flexibility index (Phi) is 3.65. The van der Waals surface area contributed by atoms with Crippen molar-refractivity contribution in [3.63, 3.8) is 0 Å². The van der Waals surface area contributed by atoms with Crippen LogP contribution in [0.3, 0.4) is 0 Å². The molecule has 0 amide bonds. The molecule has 0 aromatic rings. The van der Waals surface area contributed by atoms with Crippen molar-refractivity contribution in [3.05, 3.63) is 24.4 Å². The van der Waals surface area contributed by atoms with Gasteiger partial charge in [-0.1, -0.05) is 30.9 Å². The van der Waals surface area contributed by atoms with Gasteiger partial charge in [0, 0.05) is 0 Å². The van der Waals surface area contributed by atoms with E-state index in [1.165, 1.54) is 5.20 Å². The first-order chi connectivity index (χ1) is 4.48. The van der Waals surface area contributed by atoms with Gasteiger partial charge in [0.1, 0.15) is 0 Å². The van der Waals surface area contributed by atoms with Gasteiger partial charge in [0.25, 0.3) is 0 Å². The van der Waals surface area contributed by atoms with Crippen molar-refractivity contribution in [1.82, 2.24) is 0 Å². The second kappa shape index (κ2) is 3.77. The van der Waals surface area contributed by atoms with Gasteiger partial charge in [-0.2, -0.15) is 0 Å². The minimum absolute atomic E-state index is 1.04. The third kappa shape index (κ3) is 3.67. The van der Waals surface area contributed by atoms with E-state index >= 15 is 0 Å². The minimum atomic E-state index is -1.04. The SMILES string of the molecule is C=CCCC(=C)[Si](C)(C)C. The molecule has 58 valence electrons. The second-order valence-corrected chi connectivity index (χ2v) is 8.89. The molecule has 0 saturated carbocycles. The smallest absolute Gasteiger partial charge is 0.0716 e. The Balaban J connectivity index is 3.74. The van der Waals surface area contributed by atoms with E-state index in [-0.39, 0.29) is 0 Å². The van der Waals surface area contributed by atoms with Gasteiger partial charge in [-0.25, -0.2) is 0 Å². The average molecular weight is 154 g/mol. The summed E-state index contributed by atoms with van der Waals surface area (Å²) in [5.41, 5.74) is 0. The van der Waals surface area contributed by atoms with Crippen molar-refractivity contribution < 1.29 is 0 Å². The number of hydrogen-bond donors (Lipinski definition) is 0. The summed E-state index contributed by atoms with van der Waals surface area (Å²) in [5, 5.41) is 1.45. The Morgan fingerprint density at radius 1 is 1.40 bits per heavy atom. The van der Waals surface area contributed by atoms with Crippen LogP contribution >= 0.6 is 0 Å². The van der Waals surface area contributed by atoms with E-state index in [2.05, 4.69) is 32.8 Å². The summed E-state index contributed by atoms with van der Waals surface area (Å²) in [6.45, 7) is 14.8. The molecule has 0 spiro atoms. The van der Waals surface area contributed by atoms with Crippen LogP contribution in [-0.4, -0.2) is 8.07 Å². The zero-order chi connectivity index (χ0) is 8.20. The van der Waals surface area contributed by atoms with Crippen molar-refractivity contribution >= 4 is 8.07 Å². The van der Waals surface area contributed by atoms with Crippen molar-refractivity contribution in [2.24, 2.45) is 0 Å². The molecular weight excluding hydrogens is 136 g/mol. The van der Waals surface area contributed by atoms with E-state index in [4.69, 9.17) is 0 Å². The normalized spacial score (nSPS) is 11.1. The molecule has 0 aromatic heterocycles. The summed E-state index contributed by atoms with van der Waals surface area (Å²) in [4.78, 5) is 0. The summed E-state index contributed by atoms with van der Waals surface area (Å²) in [5.74, 6) is 0. The zero-order valence-electron chi connectivity index (χ0n) is 7.41. The molecule has 0 aliphatic carbocycles. The molecule has 10 heavy (non-hydrogen) atoms. The van der Waals surface area contributed by atoms with Crippen LogP contribution in [0.4, 0.5) is 0 Å². The molecule has 0 saturated heterocycles. The van der Waals surface area contributed by atoms with E-state index in [0.717, 1.165) is 12.8 Å². The second-order valence-electron chi connectivity index (χ2n) is 3.68. The molecule has 0 aliphatic heterocycles. The summed E-state index contributed by atoms with van der Waals surface area (Å²) < 4.78 is 0. The fraction of sp³-hybridized carbons (Fsp3) is 0.556. The Labute approximate surface area is 65.7 Å². The molecular formula is C9H18Si. The van der Waals surface area contributed by atoms with Crippen molar-refractivity contribution in [2.45, 2.75) is 32.5 Å². The lowest BCUT2D eigenvalue weighted by atomic mass is 10.3. The molecule has 0 unspecified atom stereocenters. The third-order valence-electron chi connectivity index (χ3n) is 1.71. The summed E-state index contributed by atoms with van der Waals surface area (Å²) in [6.07, 6.45) is 4.19. The average Bonchev–Trinajstić information content (AvgIpc) is 1.80. The molecule has 0 rings (SSSR count). The van der Waals surface area contributed by atoms with Crippen LogP contribution in [0.1, 0.15) is 12.8 Å². The molecule has 0 atom stereocenters. The molecule has 0 aromatic carbocycles. The Morgan fingerprint density at radius 3 is 2.20 bits per heavy atom. The Morgan fingerprint density at radius 2 is 1.90 bits per heavy atom. The first-order valence-electron chi connectivity index (χ1n) is 3.77. The minimum Gasteiger partial charge on any atom is -0.104 e. The largest absolute Gasteiger partial charge is 0.104 e. The third-order valence-corrected chi connectivity index (χ3v) is 4.08. The standard InChI is InChI=1S/C9H18Si/c1-6-7-8-9(2)10(3,4)5/h6H,1-2,7-8H2,3-5H3. The van der Waals surface area contributed by atoms with E-state index in [0.29, 0.717) is 0 Å². The zero-order valence-corrected chi connectivity index (χ0v) is 8.41. The first kappa shape index (κ1) is 9.70. The Hall–Kier alpha value is -0.303. The molecule has 0 radical (unpaired) electrons. The van der Waals surface area contributed by atoms with Crippen LogP contribution < -0.4 is 0 Å². The van der Waals surface area contributed by atoms with Gasteiger partial charge < -0.3 is 0 Å². The van der Waals surface area contributed by atoms with Gasteiger partial charge in [0.15, 0.2) is 0 Å². The van der Waals surface area contributed by atoms with Crippen LogP contribution in [0.2, 0.25) is 19.6 Å². The van der Waals surface area contributed by atoms with Crippen molar-refractivity contribution in [3.8, 4) is 0 Å². The molecule has 0 aliphatic rings. The molecule has 1 heteroatoms. The lowest BCUT2D eigenvalue weighted by Gasteiger charge is -2.18. The molecule has 0 bridgehead atoms. The summed E-state index contributed by atoms with van der Waals surface area (Å²) >= 11 is 0. The predicted octanol–water partition coefficient (Wildman–Crippen LogP) is 3.39.